The number of aliphatic hydroxyl groups is 7. The molecule has 0 aliphatic carbocycles. The van der Waals surface area contributed by atoms with Crippen molar-refractivity contribution < 1.29 is 73.8 Å². The molecule has 2 rings (SSSR count). The minimum absolute atomic E-state index is 0.151. The fourth-order valence-electron chi connectivity index (χ4n) is 7.11. The lowest BCUT2D eigenvalue weighted by Crippen LogP contribution is -2.61. The van der Waals surface area contributed by atoms with Crippen molar-refractivity contribution in [2.75, 3.05) is 26.4 Å². The summed E-state index contributed by atoms with van der Waals surface area (Å²) in [7, 11) is 0. The minimum atomic E-state index is -1.77. The Morgan fingerprint density at radius 1 is 0.516 bits per heavy atom. The molecule has 2 heterocycles. The normalized spacial score (nSPS) is 27.4. The van der Waals surface area contributed by atoms with Gasteiger partial charge in [-0.05, 0) is 64.2 Å². The van der Waals surface area contributed by atoms with E-state index in [9.17, 15) is 45.3 Å². The highest BCUT2D eigenvalue weighted by atomic mass is 16.7. The number of rotatable bonds is 35. The molecule has 2 aliphatic heterocycles. The average molecular weight is 887 g/mol. The van der Waals surface area contributed by atoms with E-state index in [0.717, 1.165) is 83.5 Å². The van der Waals surface area contributed by atoms with Crippen molar-refractivity contribution in [2.24, 2.45) is 0 Å². The third-order valence-corrected chi connectivity index (χ3v) is 11.1. The van der Waals surface area contributed by atoms with Gasteiger partial charge in [-0.1, -0.05) is 115 Å². The molecule has 0 aromatic rings. The van der Waals surface area contributed by atoms with Crippen molar-refractivity contribution >= 4 is 11.9 Å². The van der Waals surface area contributed by atoms with Crippen molar-refractivity contribution in [1.29, 1.82) is 0 Å². The van der Waals surface area contributed by atoms with Gasteiger partial charge in [-0.2, -0.15) is 0 Å². The van der Waals surface area contributed by atoms with Crippen LogP contribution in [0.4, 0.5) is 0 Å². The van der Waals surface area contributed by atoms with Crippen LogP contribution < -0.4 is 0 Å². The van der Waals surface area contributed by atoms with Crippen LogP contribution >= 0.6 is 0 Å². The second-order valence-corrected chi connectivity index (χ2v) is 16.6. The first kappa shape index (κ1) is 55.9. The van der Waals surface area contributed by atoms with E-state index in [2.05, 4.69) is 50.3 Å². The molecule has 2 saturated heterocycles. The lowest BCUT2D eigenvalue weighted by atomic mass is 9.98. The van der Waals surface area contributed by atoms with Crippen LogP contribution in [0.15, 0.2) is 36.5 Å². The SMILES string of the molecule is CCCC/C=C/C/C=C/CCCCCCCC(=O)OC[C@H](CO[C@@H]1O[C@H](CO[C@@H]2O[C@H](CO)[C@H](O)C(O)C2O)[C@H](O)C(O)C1O)OC(=O)CCCCCCC/C=C/CCCCC. The second kappa shape index (κ2) is 35.0. The molecule has 0 aromatic carbocycles. The molecule has 2 fully saturated rings. The molecular weight excluding hydrogens is 805 g/mol. The molecule has 2 aliphatic rings. The topological polar surface area (TPSA) is 231 Å². The third kappa shape index (κ3) is 23.6. The Morgan fingerprint density at radius 3 is 1.56 bits per heavy atom. The number of aliphatic hydroxyl groups excluding tert-OH is 7. The van der Waals surface area contributed by atoms with E-state index < -0.39 is 92.7 Å². The van der Waals surface area contributed by atoms with E-state index in [1.54, 1.807) is 0 Å². The summed E-state index contributed by atoms with van der Waals surface area (Å²) in [5, 5.41) is 71.9. The predicted octanol–water partition coefficient (Wildman–Crippen LogP) is 5.37. The van der Waals surface area contributed by atoms with Crippen molar-refractivity contribution in [1.82, 2.24) is 0 Å². The number of unbranched alkanes of at least 4 members (excludes halogenated alkanes) is 15. The number of carbonyl (C=O) groups excluding carboxylic acids is 2. The first-order valence-corrected chi connectivity index (χ1v) is 23.6. The first-order chi connectivity index (χ1) is 30.0. The van der Waals surface area contributed by atoms with Gasteiger partial charge in [0, 0.05) is 12.8 Å². The molecule has 7 N–H and O–H groups in total. The zero-order valence-corrected chi connectivity index (χ0v) is 37.6. The van der Waals surface area contributed by atoms with Crippen LogP contribution in [-0.4, -0.2) is 142 Å². The average Bonchev–Trinajstić information content (AvgIpc) is 3.26. The summed E-state index contributed by atoms with van der Waals surface area (Å²) in [5.74, 6) is -0.955. The number of allylic oxidation sites excluding steroid dienone is 6. The highest BCUT2D eigenvalue weighted by molar-refractivity contribution is 5.70. The summed E-state index contributed by atoms with van der Waals surface area (Å²) < 4.78 is 33.4. The monoisotopic (exact) mass is 887 g/mol. The summed E-state index contributed by atoms with van der Waals surface area (Å²) >= 11 is 0. The first-order valence-electron chi connectivity index (χ1n) is 23.6. The molecule has 11 atom stereocenters. The highest BCUT2D eigenvalue weighted by Crippen LogP contribution is 2.26. The summed E-state index contributed by atoms with van der Waals surface area (Å²) in [6, 6.07) is 0. The number of hydrogen-bond donors (Lipinski definition) is 7. The lowest BCUT2D eigenvalue weighted by Gasteiger charge is -2.42. The van der Waals surface area contributed by atoms with E-state index in [1.807, 2.05) is 0 Å². The molecule has 0 radical (unpaired) electrons. The molecule has 0 amide bonds. The number of hydrogen-bond acceptors (Lipinski definition) is 15. The Morgan fingerprint density at radius 2 is 0.984 bits per heavy atom. The lowest BCUT2D eigenvalue weighted by molar-refractivity contribution is -0.332. The Labute approximate surface area is 370 Å². The van der Waals surface area contributed by atoms with Gasteiger partial charge in [0.1, 0.15) is 55.4 Å². The Hall–Kier alpha value is -2.28. The number of esters is 2. The maximum absolute atomic E-state index is 12.9. The van der Waals surface area contributed by atoms with Crippen LogP contribution in [0.3, 0.4) is 0 Å². The molecular formula is C47H82O15. The quantitative estimate of drug-likeness (QED) is 0.0241. The van der Waals surface area contributed by atoms with Gasteiger partial charge in [-0.3, -0.25) is 9.59 Å². The molecule has 4 unspecified atom stereocenters. The molecule has 0 saturated carbocycles. The van der Waals surface area contributed by atoms with E-state index in [1.165, 1.54) is 32.1 Å². The molecule has 0 spiro atoms. The van der Waals surface area contributed by atoms with Gasteiger partial charge in [0.2, 0.25) is 0 Å². The van der Waals surface area contributed by atoms with E-state index in [4.69, 9.17) is 28.4 Å². The Bertz CT molecular complexity index is 1230. The molecule has 360 valence electrons. The Kier molecular flexibility index (Phi) is 31.6. The van der Waals surface area contributed by atoms with Crippen molar-refractivity contribution in [2.45, 2.75) is 223 Å². The fourth-order valence-corrected chi connectivity index (χ4v) is 7.11. The summed E-state index contributed by atoms with van der Waals surface area (Å²) in [5.41, 5.74) is 0. The van der Waals surface area contributed by atoms with E-state index >= 15 is 0 Å². The van der Waals surface area contributed by atoms with Gasteiger partial charge in [0.25, 0.3) is 0 Å². The van der Waals surface area contributed by atoms with E-state index in [-0.39, 0.29) is 26.1 Å². The molecule has 15 heteroatoms. The van der Waals surface area contributed by atoms with Gasteiger partial charge in [0.05, 0.1) is 19.8 Å². The smallest absolute Gasteiger partial charge is 0.306 e. The zero-order valence-electron chi connectivity index (χ0n) is 37.6. The van der Waals surface area contributed by atoms with Gasteiger partial charge in [0.15, 0.2) is 18.7 Å². The molecule has 0 aromatic heterocycles. The number of carbonyl (C=O) groups is 2. The van der Waals surface area contributed by atoms with Crippen LogP contribution in [0.1, 0.15) is 155 Å². The summed E-state index contributed by atoms with van der Waals surface area (Å²) in [6.07, 6.45) is 17.5. The van der Waals surface area contributed by atoms with Crippen LogP contribution in [0.25, 0.3) is 0 Å². The van der Waals surface area contributed by atoms with Gasteiger partial charge >= 0.3 is 11.9 Å². The Balaban J connectivity index is 1.86. The van der Waals surface area contributed by atoms with Crippen LogP contribution in [-0.2, 0) is 38.0 Å². The second-order valence-electron chi connectivity index (χ2n) is 16.6. The zero-order chi connectivity index (χ0) is 45.4. The summed E-state index contributed by atoms with van der Waals surface area (Å²) in [4.78, 5) is 25.6. The van der Waals surface area contributed by atoms with Crippen LogP contribution in [0.5, 0.6) is 0 Å². The predicted molar refractivity (Wildman–Crippen MR) is 234 cm³/mol. The maximum atomic E-state index is 12.9. The fraction of sp³-hybridized carbons (Fsp3) is 0.830. The highest BCUT2D eigenvalue weighted by Gasteiger charge is 2.47. The minimum Gasteiger partial charge on any atom is -0.462 e. The van der Waals surface area contributed by atoms with Gasteiger partial charge < -0.3 is 64.2 Å². The van der Waals surface area contributed by atoms with Crippen molar-refractivity contribution in [3.8, 4) is 0 Å². The van der Waals surface area contributed by atoms with Crippen molar-refractivity contribution in [3.63, 3.8) is 0 Å². The molecule has 15 nitrogen and oxygen atoms in total. The van der Waals surface area contributed by atoms with Gasteiger partial charge in [-0.25, -0.2) is 0 Å². The molecule has 62 heavy (non-hydrogen) atoms. The van der Waals surface area contributed by atoms with Crippen molar-refractivity contribution in [3.05, 3.63) is 36.5 Å². The van der Waals surface area contributed by atoms with E-state index in [0.29, 0.717) is 12.8 Å². The largest absolute Gasteiger partial charge is 0.462 e. The van der Waals surface area contributed by atoms with Gasteiger partial charge in [-0.15, -0.1) is 0 Å². The van der Waals surface area contributed by atoms with Crippen LogP contribution in [0, 0.1) is 0 Å². The number of ether oxygens (including phenoxy) is 6. The summed E-state index contributed by atoms with van der Waals surface area (Å²) in [6.45, 7) is 2.48. The van der Waals surface area contributed by atoms with Crippen LogP contribution in [0.2, 0.25) is 0 Å². The molecule has 0 bridgehead atoms. The maximum Gasteiger partial charge on any atom is 0.306 e. The third-order valence-electron chi connectivity index (χ3n) is 11.1. The standard InChI is InChI=1S/C47H82O15/c1-3-5-7-9-11-13-15-17-18-20-21-23-25-27-29-38(49)57-32-35(60-39(50)30-28-26-24-22-19-16-14-12-10-8-6-4-2)33-58-46-45(56)43(54)41(52)37(62-46)34-59-47-44(55)42(53)40(51)36(31-48)61-47/h9,11-12,14-15,17,35-37,40-48,51-56H,3-8,10,13,16,18-34H2,1-2H3/b11-9+,14-12+,17-15+/t35-,36-,37-,40+,41+,42?,43?,44?,45?,46-,47-/m1/s1.